The van der Waals surface area contributed by atoms with Gasteiger partial charge in [0.05, 0.1) is 5.60 Å². The molecule has 3 fully saturated rings. The van der Waals surface area contributed by atoms with Crippen LogP contribution in [-0.4, -0.2) is 52.6 Å². The molecule has 4 rings (SSSR count). The van der Waals surface area contributed by atoms with E-state index in [4.69, 9.17) is 0 Å². The third-order valence-corrected chi connectivity index (χ3v) is 6.78. The SMILES string of the molecule is Cc1ccccc1CN1CC[C@@]2(O)CCN(C(=O)C3CCC3)C[C@H]2C1. The lowest BCUT2D eigenvalue weighted by atomic mass is 9.74. The van der Waals surface area contributed by atoms with Crippen LogP contribution in [0.15, 0.2) is 24.3 Å². The van der Waals surface area contributed by atoms with Gasteiger partial charge in [-0.25, -0.2) is 0 Å². The molecule has 2 saturated heterocycles. The maximum absolute atomic E-state index is 12.6. The summed E-state index contributed by atoms with van der Waals surface area (Å²) < 4.78 is 0. The van der Waals surface area contributed by atoms with Gasteiger partial charge in [-0.2, -0.15) is 0 Å². The maximum atomic E-state index is 12.6. The van der Waals surface area contributed by atoms with Gasteiger partial charge in [-0.05, 0) is 43.7 Å². The highest BCUT2D eigenvalue weighted by atomic mass is 16.3. The second-order valence-electron chi connectivity index (χ2n) is 8.37. The minimum atomic E-state index is -0.571. The summed E-state index contributed by atoms with van der Waals surface area (Å²) in [5.41, 5.74) is 2.12. The molecule has 2 heterocycles. The van der Waals surface area contributed by atoms with E-state index in [2.05, 4.69) is 36.1 Å². The molecule has 1 amide bonds. The number of piperidine rings is 2. The number of aliphatic hydroxyl groups is 1. The van der Waals surface area contributed by atoms with Gasteiger partial charge in [-0.3, -0.25) is 9.69 Å². The van der Waals surface area contributed by atoms with Gasteiger partial charge in [0.15, 0.2) is 0 Å². The quantitative estimate of drug-likeness (QED) is 0.918. The number of benzene rings is 1. The topological polar surface area (TPSA) is 43.8 Å². The molecule has 0 spiro atoms. The molecular weight excluding hydrogens is 312 g/mol. The van der Waals surface area contributed by atoms with Crippen LogP contribution in [0.2, 0.25) is 0 Å². The predicted molar refractivity (Wildman–Crippen MR) is 98.1 cm³/mol. The minimum Gasteiger partial charge on any atom is -0.389 e. The van der Waals surface area contributed by atoms with Crippen LogP contribution in [0.3, 0.4) is 0 Å². The van der Waals surface area contributed by atoms with Crippen molar-refractivity contribution >= 4 is 5.91 Å². The molecule has 4 nitrogen and oxygen atoms in total. The number of aryl methyl sites for hydroxylation is 1. The summed E-state index contributed by atoms with van der Waals surface area (Å²) in [5, 5.41) is 11.1. The summed E-state index contributed by atoms with van der Waals surface area (Å²) in [5.74, 6) is 0.783. The first-order valence-electron chi connectivity index (χ1n) is 9.83. The second kappa shape index (κ2) is 6.73. The van der Waals surface area contributed by atoms with Crippen LogP contribution in [0.25, 0.3) is 0 Å². The number of nitrogens with zero attached hydrogens (tertiary/aromatic N) is 2. The number of amides is 1. The fourth-order valence-corrected chi connectivity index (χ4v) is 4.66. The van der Waals surface area contributed by atoms with E-state index in [1.54, 1.807) is 0 Å². The highest BCUT2D eigenvalue weighted by Gasteiger charge is 2.46. The van der Waals surface area contributed by atoms with E-state index in [1.807, 2.05) is 4.90 Å². The van der Waals surface area contributed by atoms with Crippen molar-refractivity contribution < 1.29 is 9.90 Å². The summed E-state index contributed by atoms with van der Waals surface area (Å²) in [4.78, 5) is 17.1. The number of rotatable bonds is 3. The Morgan fingerprint density at radius 3 is 2.68 bits per heavy atom. The van der Waals surface area contributed by atoms with E-state index in [-0.39, 0.29) is 11.8 Å². The smallest absolute Gasteiger partial charge is 0.225 e. The Labute approximate surface area is 150 Å². The van der Waals surface area contributed by atoms with Crippen LogP contribution in [0, 0.1) is 18.8 Å². The highest BCUT2D eigenvalue weighted by Crippen LogP contribution is 2.38. The van der Waals surface area contributed by atoms with Gasteiger partial charge in [0, 0.05) is 44.6 Å². The zero-order valence-corrected chi connectivity index (χ0v) is 15.3. The van der Waals surface area contributed by atoms with E-state index in [9.17, 15) is 9.90 Å². The van der Waals surface area contributed by atoms with Crippen LogP contribution in [0.4, 0.5) is 0 Å². The average molecular weight is 342 g/mol. The van der Waals surface area contributed by atoms with Gasteiger partial charge >= 0.3 is 0 Å². The monoisotopic (exact) mass is 342 g/mol. The molecule has 1 saturated carbocycles. The van der Waals surface area contributed by atoms with Crippen molar-refractivity contribution in [3.8, 4) is 0 Å². The van der Waals surface area contributed by atoms with Crippen LogP contribution in [0.1, 0.15) is 43.2 Å². The molecule has 2 atom stereocenters. The molecule has 1 N–H and O–H groups in total. The first-order valence-corrected chi connectivity index (χ1v) is 9.83. The zero-order chi connectivity index (χ0) is 17.4. The molecule has 25 heavy (non-hydrogen) atoms. The first kappa shape index (κ1) is 17.0. The molecule has 0 aromatic heterocycles. The van der Waals surface area contributed by atoms with Crippen LogP contribution in [-0.2, 0) is 11.3 Å². The molecule has 4 heteroatoms. The third kappa shape index (κ3) is 3.34. The molecule has 1 aromatic carbocycles. The van der Waals surface area contributed by atoms with E-state index < -0.39 is 5.60 Å². The summed E-state index contributed by atoms with van der Waals surface area (Å²) in [7, 11) is 0. The summed E-state index contributed by atoms with van der Waals surface area (Å²) in [6.45, 7) is 6.40. The Morgan fingerprint density at radius 1 is 1.20 bits per heavy atom. The fraction of sp³-hybridized carbons (Fsp3) is 0.667. The Morgan fingerprint density at radius 2 is 1.96 bits per heavy atom. The largest absolute Gasteiger partial charge is 0.389 e. The lowest BCUT2D eigenvalue weighted by Gasteiger charge is -2.51. The molecule has 1 aromatic rings. The minimum absolute atomic E-state index is 0.183. The van der Waals surface area contributed by atoms with Gasteiger partial charge < -0.3 is 10.0 Å². The number of hydrogen-bond donors (Lipinski definition) is 1. The van der Waals surface area contributed by atoms with Gasteiger partial charge in [0.2, 0.25) is 5.91 Å². The molecule has 136 valence electrons. The fourth-order valence-electron chi connectivity index (χ4n) is 4.66. The van der Waals surface area contributed by atoms with Gasteiger partial charge in [-0.1, -0.05) is 30.7 Å². The maximum Gasteiger partial charge on any atom is 0.225 e. The van der Waals surface area contributed by atoms with Crippen molar-refractivity contribution in [2.45, 2.75) is 51.2 Å². The standard InChI is InChI=1S/C21H30N2O2/c1-16-5-2-3-6-18(16)13-22-11-9-21(25)10-12-23(15-19(21)14-22)20(24)17-7-4-8-17/h2-3,5-6,17,19,25H,4,7-15H2,1H3/t19-,21-/m1/s1. The van der Waals surface area contributed by atoms with Crippen molar-refractivity contribution in [1.82, 2.24) is 9.80 Å². The van der Waals surface area contributed by atoms with Crippen LogP contribution < -0.4 is 0 Å². The Hall–Kier alpha value is -1.39. The lowest BCUT2D eigenvalue weighted by Crippen LogP contribution is -2.61. The molecule has 2 aliphatic heterocycles. The summed E-state index contributed by atoms with van der Waals surface area (Å²) in [6.07, 6.45) is 4.89. The predicted octanol–water partition coefficient (Wildman–Crippen LogP) is 2.58. The lowest BCUT2D eigenvalue weighted by molar-refractivity contribution is -0.153. The average Bonchev–Trinajstić information content (AvgIpc) is 2.55. The number of hydrogen-bond acceptors (Lipinski definition) is 3. The molecular formula is C21H30N2O2. The number of carbonyl (C=O) groups is 1. The van der Waals surface area contributed by atoms with Crippen molar-refractivity contribution in [3.63, 3.8) is 0 Å². The number of likely N-dealkylation sites (tertiary alicyclic amines) is 2. The van der Waals surface area contributed by atoms with E-state index >= 15 is 0 Å². The highest BCUT2D eigenvalue weighted by molar-refractivity contribution is 5.79. The summed E-state index contributed by atoms with van der Waals surface area (Å²) >= 11 is 0. The first-order chi connectivity index (χ1) is 12.0. The van der Waals surface area contributed by atoms with Crippen molar-refractivity contribution in [3.05, 3.63) is 35.4 Å². The van der Waals surface area contributed by atoms with Crippen molar-refractivity contribution in [1.29, 1.82) is 0 Å². The van der Waals surface area contributed by atoms with Gasteiger partial charge in [0.1, 0.15) is 0 Å². The molecule has 1 aliphatic carbocycles. The molecule has 3 aliphatic rings. The normalized spacial score (nSPS) is 30.6. The van der Waals surface area contributed by atoms with Crippen molar-refractivity contribution in [2.24, 2.45) is 11.8 Å². The third-order valence-electron chi connectivity index (χ3n) is 6.78. The van der Waals surface area contributed by atoms with Gasteiger partial charge in [-0.15, -0.1) is 0 Å². The van der Waals surface area contributed by atoms with Crippen LogP contribution in [0.5, 0.6) is 0 Å². The van der Waals surface area contributed by atoms with Crippen LogP contribution >= 0.6 is 0 Å². The Kier molecular flexibility index (Phi) is 4.59. The van der Waals surface area contributed by atoms with Crippen molar-refractivity contribution in [2.75, 3.05) is 26.2 Å². The Bertz CT molecular complexity index is 643. The van der Waals surface area contributed by atoms with E-state index in [0.29, 0.717) is 5.91 Å². The molecule has 0 unspecified atom stereocenters. The van der Waals surface area contributed by atoms with E-state index in [1.165, 1.54) is 17.5 Å². The molecule has 0 radical (unpaired) electrons. The number of carbonyl (C=O) groups excluding carboxylic acids is 1. The summed E-state index contributed by atoms with van der Waals surface area (Å²) in [6, 6.07) is 8.54. The van der Waals surface area contributed by atoms with E-state index in [0.717, 1.165) is 58.4 Å². The van der Waals surface area contributed by atoms with Gasteiger partial charge in [0.25, 0.3) is 0 Å². The molecule has 0 bridgehead atoms. The zero-order valence-electron chi connectivity index (χ0n) is 15.3. The number of fused-ring (bicyclic) bond motifs is 1. The Balaban J connectivity index is 1.41. The second-order valence-corrected chi connectivity index (χ2v) is 8.37.